The SMILES string of the molecule is O=C1NCC2(CCN(S(=O)(=O)c3ccccc3)CC2)N1. The molecule has 0 radical (unpaired) electrons. The molecule has 6 nitrogen and oxygen atoms in total. The number of rotatable bonds is 2. The average molecular weight is 295 g/mol. The van der Waals surface area contributed by atoms with Crippen LogP contribution in [0.4, 0.5) is 4.79 Å². The fraction of sp³-hybridized carbons (Fsp3) is 0.462. The van der Waals surface area contributed by atoms with Crippen LogP contribution in [-0.4, -0.2) is 43.9 Å². The number of carbonyl (C=O) groups excluding carboxylic acids is 1. The quantitative estimate of drug-likeness (QED) is 0.835. The number of carbonyl (C=O) groups is 1. The molecule has 0 aliphatic carbocycles. The van der Waals surface area contributed by atoms with E-state index in [2.05, 4.69) is 10.6 Å². The first-order valence-electron chi connectivity index (χ1n) is 6.63. The highest BCUT2D eigenvalue weighted by Gasteiger charge is 2.42. The molecule has 2 heterocycles. The minimum absolute atomic E-state index is 0.163. The monoisotopic (exact) mass is 295 g/mol. The first-order chi connectivity index (χ1) is 9.52. The first kappa shape index (κ1) is 13.4. The molecule has 2 aliphatic rings. The predicted molar refractivity (Wildman–Crippen MR) is 73.7 cm³/mol. The number of benzene rings is 1. The maximum absolute atomic E-state index is 12.5. The lowest BCUT2D eigenvalue weighted by Crippen LogP contribution is -2.53. The number of sulfonamides is 1. The molecule has 0 unspecified atom stereocenters. The number of urea groups is 1. The summed E-state index contributed by atoms with van der Waals surface area (Å²) < 4.78 is 26.5. The molecule has 0 aromatic heterocycles. The van der Waals surface area contributed by atoms with Crippen LogP contribution in [0.3, 0.4) is 0 Å². The number of nitrogens with one attached hydrogen (secondary N) is 2. The second-order valence-corrected chi connectivity index (χ2v) is 7.24. The van der Waals surface area contributed by atoms with Crippen LogP contribution in [0.1, 0.15) is 12.8 Å². The van der Waals surface area contributed by atoms with Gasteiger partial charge in [0.05, 0.1) is 10.4 Å². The topological polar surface area (TPSA) is 78.5 Å². The number of piperidine rings is 1. The van der Waals surface area contributed by atoms with E-state index >= 15 is 0 Å². The molecule has 1 aromatic rings. The largest absolute Gasteiger partial charge is 0.336 e. The van der Waals surface area contributed by atoms with Gasteiger partial charge in [0, 0.05) is 19.6 Å². The Labute approximate surface area is 118 Å². The third kappa shape index (κ3) is 2.27. The normalized spacial score (nSPS) is 22.5. The second kappa shape index (κ2) is 4.75. The lowest BCUT2D eigenvalue weighted by molar-refractivity contribution is 0.216. The van der Waals surface area contributed by atoms with Crippen molar-refractivity contribution in [2.24, 2.45) is 0 Å². The zero-order chi connectivity index (χ0) is 14.2. The molecule has 0 saturated carbocycles. The van der Waals surface area contributed by atoms with Crippen molar-refractivity contribution in [3.05, 3.63) is 30.3 Å². The van der Waals surface area contributed by atoms with Crippen molar-refractivity contribution in [3.8, 4) is 0 Å². The molecule has 0 atom stereocenters. The molecule has 1 aromatic carbocycles. The number of nitrogens with zero attached hydrogens (tertiary/aromatic N) is 1. The number of hydrogen-bond acceptors (Lipinski definition) is 3. The number of amides is 2. The summed E-state index contributed by atoms with van der Waals surface area (Å²) in [5, 5.41) is 5.66. The summed E-state index contributed by atoms with van der Waals surface area (Å²) in [6.45, 7) is 1.43. The molecule has 2 fully saturated rings. The van der Waals surface area contributed by atoms with Crippen molar-refractivity contribution in [2.75, 3.05) is 19.6 Å². The van der Waals surface area contributed by atoms with Crippen molar-refractivity contribution < 1.29 is 13.2 Å². The highest BCUT2D eigenvalue weighted by molar-refractivity contribution is 7.89. The standard InChI is InChI=1S/C13H17N3O3S/c17-12-14-10-13(15-12)6-8-16(9-7-13)20(18,19)11-4-2-1-3-5-11/h1-5H,6-10H2,(H2,14,15,17). The lowest BCUT2D eigenvalue weighted by atomic mass is 9.90. The van der Waals surface area contributed by atoms with Crippen LogP contribution in [0.2, 0.25) is 0 Å². The Morgan fingerprint density at radius 3 is 2.30 bits per heavy atom. The van der Waals surface area contributed by atoms with Gasteiger partial charge in [0.1, 0.15) is 0 Å². The molecule has 2 aliphatic heterocycles. The Morgan fingerprint density at radius 2 is 1.75 bits per heavy atom. The third-order valence-electron chi connectivity index (χ3n) is 4.03. The number of hydrogen-bond donors (Lipinski definition) is 2. The molecule has 108 valence electrons. The summed E-state index contributed by atoms with van der Waals surface area (Å²) in [6, 6.07) is 8.30. The molecule has 2 N–H and O–H groups in total. The van der Waals surface area contributed by atoms with E-state index < -0.39 is 10.0 Å². The first-order valence-corrected chi connectivity index (χ1v) is 8.07. The molecule has 20 heavy (non-hydrogen) atoms. The van der Waals surface area contributed by atoms with Crippen LogP contribution in [0, 0.1) is 0 Å². The minimum atomic E-state index is -3.42. The van der Waals surface area contributed by atoms with Crippen LogP contribution in [0.15, 0.2) is 35.2 Å². The van der Waals surface area contributed by atoms with Gasteiger partial charge in [0.15, 0.2) is 0 Å². The van der Waals surface area contributed by atoms with Crippen LogP contribution in [0.25, 0.3) is 0 Å². The van der Waals surface area contributed by atoms with Crippen molar-refractivity contribution in [1.29, 1.82) is 0 Å². The van der Waals surface area contributed by atoms with Gasteiger partial charge in [-0.25, -0.2) is 13.2 Å². The van der Waals surface area contributed by atoms with Gasteiger partial charge in [-0.15, -0.1) is 0 Å². The highest BCUT2D eigenvalue weighted by Crippen LogP contribution is 2.27. The maximum atomic E-state index is 12.5. The molecule has 3 rings (SSSR count). The lowest BCUT2D eigenvalue weighted by Gasteiger charge is -2.37. The zero-order valence-electron chi connectivity index (χ0n) is 11.0. The Hall–Kier alpha value is -1.60. The van der Waals surface area contributed by atoms with Gasteiger partial charge in [0.2, 0.25) is 10.0 Å². The highest BCUT2D eigenvalue weighted by atomic mass is 32.2. The second-order valence-electron chi connectivity index (χ2n) is 5.31. The van der Waals surface area contributed by atoms with E-state index in [9.17, 15) is 13.2 Å². The van der Waals surface area contributed by atoms with Gasteiger partial charge in [-0.2, -0.15) is 4.31 Å². The fourth-order valence-corrected chi connectivity index (χ4v) is 4.24. The van der Waals surface area contributed by atoms with Crippen molar-refractivity contribution in [1.82, 2.24) is 14.9 Å². The van der Waals surface area contributed by atoms with E-state index in [1.165, 1.54) is 4.31 Å². The Balaban J connectivity index is 1.74. The summed E-state index contributed by atoms with van der Waals surface area (Å²) in [5.41, 5.74) is -0.278. The summed E-state index contributed by atoms with van der Waals surface area (Å²) in [7, 11) is -3.42. The average Bonchev–Trinajstić information content (AvgIpc) is 2.81. The predicted octanol–water partition coefficient (Wildman–Crippen LogP) is 0.523. The molecule has 7 heteroatoms. The van der Waals surface area contributed by atoms with Gasteiger partial charge in [-0.05, 0) is 25.0 Å². The zero-order valence-corrected chi connectivity index (χ0v) is 11.8. The summed E-state index contributed by atoms with van der Waals surface area (Å²) in [5.74, 6) is 0. The van der Waals surface area contributed by atoms with Gasteiger partial charge in [-0.1, -0.05) is 18.2 Å². The van der Waals surface area contributed by atoms with E-state index in [-0.39, 0.29) is 11.6 Å². The summed E-state index contributed by atoms with van der Waals surface area (Å²) in [4.78, 5) is 11.6. The molecular formula is C13H17N3O3S. The van der Waals surface area contributed by atoms with Crippen molar-refractivity contribution in [2.45, 2.75) is 23.3 Å². The Kier molecular flexibility index (Phi) is 3.18. The van der Waals surface area contributed by atoms with E-state index in [4.69, 9.17) is 0 Å². The van der Waals surface area contributed by atoms with E-state index in [0.29, 0.717) is 37.4 Å². The van der Waals surface area contributed by atoms with Crippen LogP contribution in [0.5, 0.6) is 0 Å². The van der Waals surface area contributed by atoms with Crippen LogP contribution in [-0.2, 0) is 10.0 Å². The van der Waals surface area contributed by atoms with Crippen LogP contribution < -0.4 is 10.6 Å². The van der Waals surface area contributed by atoms with E-state index in [1.807, 2.05) is 0 Å². The van der Waals surface area contributed by atoms with E-state index in [0.717, 1.165) is 0 Å². The molecule has 0 bridgehead atoms. The summed E-state index contributed by atoms with van der Waals surface area (Å²) in [6.07, 6.45) is 1.27. The Bertz CT molecular complexity index is 607. The van der Waals surface area contributed by atoms with Crippen molar-refractivity contribution in [3.63, 3.8) is 0 Å². The van der Waals surface area contributed by atoms with E-state index in [1.54, 1.807) is 30.3 Å². The minimum Gasteiger partial charge on any atom is -0.336 e. The van der Waals surface area contributed by atoms with Gasteiger partial charge in [-0.3, -0.25) is 0 Å². The smallest absolute Gasteiger partial charge is 0.315 e. The van der Waals surface area contributed by atoms with Gasteiger partial charge < -0.3 is 10.6 Å². The molecular weight excluding hydrogens is 278 g/mol. The molecule has 2 amide bonds. The summed E-state index contributed by atoms with van der Waals surface area (Å²) >= 11 is 0. The third-order valence-corrected chi connectivity index (χ3v) is 5.94. The molecule has 2 saturated heterocycles. The van der Waals surface area contributed by atoms with Crippen LogP contribution >= 0.6 is 0 Å². The van der Waals surface area contributed by atoms with Gasteiger partial charge in [0.25, 0.3) is 0 Å². The van der Waals surface area contributed by atoms with Crippen molar-refractivity contribution >= 4 is 16.1 Å². The fourth-order valence-electron chi connectivity index (χ4n) is 2.78. The molecule has 1 spiro atoms. The Morgan fingerprint density at radius 1 is 1.10 bits per heavy atom. The maximum Gasteiger partial charge on any atom is 0.315 e. The van der Waals surface area contributed by atoms with Gasteiger partial charge >= 0.3 is 6.03 Å².